The number of hydrogen-bond donors (Lipinski definition) is 2. The van der Waals surface area contributed by atoms with E-state index in [2.05, 4.69) is 9.34 Å². The summed E-state index contributed by atoms with van der Waals surface area (Å²) >= 11 is 0. The Bertz CT molecular complexity index is 1030. The van der Waals surface area contributed by atoms with Crippen molar-refractivity contribution in [2.75, 3.05) is 6.61 Å². The van der Waals surface area contributed by atoms with Gasteiger partial charge in [-0.3, -0.25) is 9.35 Å². The van der Waals surface area contributed by atoms with Gasteiger partial charge in [0.25, 0.3) is 0 Å². The third kappa shape index (κ3) is 3.69. The monoisotopic (exact) mass is 437 g/mol. The number of aliphatic carboxylic acids is 1. The molecule has 0 aliphatic heterocycles. The van der Waals surface area contributed by atoms with E-state index >= 15 is 0 Å². The summed E-state index contributed by atoms with van der Waals surface area (Å²) in [7, 11) is -4.69. The van der Waals surface area contributed by atoms with Crippen molar-refractivity contribution in [2.24, 2.45) is 22.4 Å². The van der Waals surface area contributed by atoms with Crippen LogP contribution in [0.5, 0.6) is 5.75 Å². The van der Waals surface area contributed by atoms with Crippen LogP contribution in [0.1, 0.15) is 56.1 Å². The lowest BCUT2D eigenvalue weighted by Crippen LogP contribution is -2.43. The van der Waals surface area contributed by atoms with E-state index in [9.17, 15) is 18.0 Å². The zero-order chi connectivity index (χ0) is 21.7. The van der Waals surface area contributed by atoms with Crippen molar-refractivity contribution in [3.63, 3.8) is 0 Å². The number of rotatable bonds is 5. The Labute approximate surface area is 174 Å². The van der Waals surface area contributed by atoms with Gasteiger partial charge in [0.15, 0.2) is 0 Å². The van der Waals surface area contributed by atoms with Crippen LogP contribution in [0.2, 0.25) is 0 Å². The number of nitrogens with zero attached hydrogens (tertiary/aromatic N) is 1. The Morgan fingerprint density at radius 1 is 1.33 bits per heavy atom. The number of Topliss-reactive ketones (excluding diaryl/α,β-unsaturated/α-hetero) is 1. The Kier molecular flexibility index (Phi) is 5.09. The maximum atomic E-state index is 12.5. The molecule has 4 atom stereocenters. The number of benzene rings is 1. The van der Waals surface area contributed by atoms with E-state index in [4.69, 9.17) is 14.5 Å². The quantitative estimate of drug-likeness (QED) is 0.529. The number of hydrogen-bond acceptors (Lipinski definition) is 7. The smallest absolute Gasteiger partial charge is 0.446 e. The van der Waals surface area contributed by atoms with Crippen LogP contribution >= 0.6 is 0 Å². The van der Waals surface area contributed by atoms with Gasteiger partial charge in [-0.1, -0.05) is 18.1 Å². The van der Waals surface area contributed by atoms with Crippen LogP contribution in [-0.4, -0.2) is 42.1 Å². The largest absolute Gasteiger partial charge is 0.479 e. The molecule has 2 N–H and O–H groups in total. The summed E-state index contributed by atoms with van der Waals surface area (Å²) in [4.78, 5) is 28.3. The van der Waals surface area contributed by atoms with Crippen LogP contribution in [0.4, 0.5) is 0 Å². The van der Waals surface area contributed by atoms with Crippen LogP contribution in [0.25, 0.3) is 0 Å². The molecule has 0 bridgehead atoms. The number of oxime groups is 1. The number of carboxylic acids is 1. The zero-order valence-corrected chi connectivity index (χ0v) is 17.2. The summed E-state index contributed by atoms with van der Waals surface area (Å²) in [6, 6.07) is 4.69. The first-order valence-electron chi connectivity index (χ1n) is 9.83. The Balaban J connectivity index is 1.74. The third-order valence-corrected chi connectivity index (χ3v) is 7.28. The molecule has 1 aromatic rings. The molecule has 10 heteroatoms. The molecule has 9 nitrogen and oxygen atoms in total. The van der Waals surface area contributed by atoms with Crippen molar-refractivity contribution >= 4 is 27.9 Å². The van der Waals surface area contributed by atoms with E-state index in [0.717, 1.165) is 24.8 Å². The van der Waals surface area contributed by atoms with Crippen LogP contribution in [0, 0.1) is 17.3 Å². The van der Waals surface area contributed by atoms with Gasteiger partial charge in [-0.15, -0.1) is 0 Å². The number of carbonyl (C=O) groups is 2. The summed E-state index contributed by atoms with van der Waals surface area (Å²) in [6.07, 6.45) is 3.49. The lowest BCUT2D eigenvalue weighted by atomic mass is 9.55. The fraction of sp³-hybridized carbons (Fsp3) is 0.550. The zero-order valence-electron chi connectivity index (χ0n) is 16.4. The van der Waals surface area contributed by atoms with Gasteiger partial charge >= 0.3 is 16.4 Å². The molecule has 30 heavy (non-hydrogen) atoms. The molecular weight excluding hydrogens is 414 g/mol. The maximum Gasteiger partial charge on any atom is 0.446 e. The van der Waals surface area contributed by atoms with Crippen molar-refractivity contribution in [3.8, 4) is 5.75 Å². The van der Waals surface area contributed by atoms with Crippen LogP contribution in [0.15, 0.2) is 23.4 Å². The van der Waals surface area contributed by atoms with Gasteiger partial charge in [-0.25, -0.2) is 4.79 Å². The van der Waals surface area contributed by atoms with Gasteiger partial charge in [-0.05, 0) is 61.1 Å². The van der Waals surface area contributed by atoms with E-state index in [1.54, 1.807) is 6.07 Å². The van der Waals surface area contributed by atoms with Crippen LogP contribution in [-0.2, 0) is 24.8 Å². The molecule has 1 aromatic carbocycles. The highest BCUT2D eigenvalue weighted by molar-refractivity contribution is 7.81. The molecule has 2 fully saturated rings. The second-order valence-corrected chi connectivity index (χ2v) is 9.49. The average Bonchev–Trinajstić information content (AvgIpc) is 2.95. The predicted octanol–water partition coefficient (Wildman–Crippen LogP) is 2.56. The van der Waals surface area contributed by atoms with Gasteiger partial charge in [0.1, 0.15) is 11.5 Å². The summed E-state index contributed by atoms with van der Waals surface area (Å²) in [5.41, 5.74) is 1.68. The van der Waals surface area contributed by atoms with E-state index < -0.39 is 23.0 Å². The van der Waals surface area contributed by atoms with Gasteiger partial charge in [0.2, 0.25) is 6.61 Å². The number of ketones is 1. The minimum Gasteiger partial charge on any atom is -0.479 e. The fourth-order valence-corrected chi connectivity index (χ4v) is 5.94. The summed E-state index contributed by atoms with van der Waals surface area (Å²) in [5.74, 6) is -0.407. The number of fused-ring (bicyclic) bond motifs is 5. The Morgan fingerprint density at radius 2 is 2.10 bits per heavy atom. The molecule has 0 heterocycles. The molecule has 2 saturated carbocycles. The van der Waals surface area contributed by atoms with Crippen molar-refractivity contribution in [1.29, 1.82) is 0 Å². The maximum absolute atomic E-state index is 12.5. The highest BCUT2D eigenvalue weighted by Gasteiger charge is 2.55. The molecule has 0 radical (unpaired) electrons. The highest BCUT2D eigenvalue weighted by atomic mass is 32.3. The van der Waals surface area contributed by atoms with E-state index in [0.29, 0.717) is 29.9 Å². The van der Waals surface area contributed by atoms with E-state index in [1.807, 2.05) is 6.92 Å². The molecule has 0 unspecified atom stereocenters. The van der Waals surface area contributed by atoms with Gasteiger partial charge in [0, 0.05) is 17.4 Å². The second kappa shape index (κ2) is 7.35. The standard InChI is InChI=1S/C20H23NO8S/c1-20-7-6-13-12-3-2-11(29-30(25,26)27)8-15(12)17(21-28-10-19(23)24)9-14(13)16(20)4-5-18(20)22/h2-3,8,13-14,16H,4-7,9-10H2,1H3,(H,23,24)(H,25,26,27)/b21-17-/t13-,14-,16+,20+/m1/s1. The van der Waals surface area contributed by atoms with Gasteiger partial charge in [0.05, 0.1) is 5.71 Å². The molecular formula is C20H23NO8S. The third-order valence-electron chi connectivity index (χ3n) is 6.87. The minimum absolute atomic E-state index is 0.0719. The first-order valence-corrected chi connectivity index (χ1v) is 11.2. The lowest BCUT2D eigenvalue weighted by molar-refractivity contribution is -0.142. The molecule has 3 aliphatic carbocycles. The first kappa shape index (κ1) is 20.8. The number of carboxylic acid groups (broad SMARTS) is 1. The van der Waals surface area contributed by atoms with E-state index in [1.165, 1.54) is 12.1 Å². The van der Waals surface area contributed by atoms with E-state index in [-0.39, 0.29) is 28.9 Å². The van der Waals surface area contributed by atoms with Crippen molar-refractivity contribution < 1.29 is 36.7 Å². The van der Waals surface area contributed by atoms with Gasteiger partial charge in [-0.2, -0.15) is 8.42 Å². The molecule has 0 aromatic heterocycles. The molecule has 4 rings (SSSR count). The lowest BCUT2D eigenvalue weighted by Gasteiger charge is -2.48. The Morgan fingerprint density at radius 3 is 2.80 bits per heavy atom. The van der Waals surface area contributed by atoms with Gasteiger partial charge < -0.3 is 14.1 Å². The molecule has 162 valence electrons. The normalized spacial score (nSPS) is 31.6. The molecule has 0 amide bonds. The topological polar surface area (TPSA) is 140 Å². The van der Waals surface area contributed by atoms with Crippen molar-refractivity contribution in [1.82, 2.24) is 0 Å². The summed E-state index contributed by atoms with van der Waals surface area (Å²) in [5, 5.41) is 12.9. The molecule has 0 saturated heterocycles. The number of carbonyl (C=O) groups excluding carboxylic acids is 1. The SMILES string of the molecule is C[C@]12CC[C@@H]3c4ccc(OS(=O)(=O)O)cc4/C(=N\OCC(=O)O)C[C@H]3[C@@H]1CCC2=O. The minimum atomic E-state index is -4.69. The van der Waals surface area contributed by atoms with Crippen LogP contribution in [0.3, 0.4) is 0 Å². The molecule has 3 aliphatic rings. The fourth-order valence-electron chi connectivity index (χ4n) is 5.60. The predicted molar refractivity (Wildman–Crippen MR) is 105 cm³/mol. The van der Waals surface area contributed by atoms with Crippen molar-refractivity contribution in [2.45, 2.75) is 44.9 Å². The molecule has 0 spiro atoms. The average molecular weight is 437 g/mol. The second-order valence-electron chi connectivity index (χ2n) is 8.46. The Hall–Kier alpha value is -2.46. The summed E-state index contributed by atoms with van der Waals surface area (Å²) < 4.78 is 35.8. The van der Waals surface area contributed by atoms with Crippen molar-refractivity contribution in [3.05, 3.63) is 29.3 Å². The van der Waals surface area contributed by atoms with Crippen LogP contribution < -0.4 is 4.18 Å². The first-order chi connectivity index (χ1) is 14.1. The highest BCUT2D eigenvalue weighted by Crippen LogP contribution is 2.59. The summed E-state index contributed by atoms with van der Waals surface area (Å²) in [6.45, 7) is 1.44.